The number of hydrogen-bond acceptors (Lipinski definition) is 4. The summed E-state index contributed by atoms with van der Waals surface area (Å²) in [7, 11) is 0. The maximum atomic E-state index is 11.8. The summed E-state index contributed by atoms with van der Waals surface area (Å²) < 4.78 is 5.25. The highest BCUT2D eigenvalue weighted by atomic mass is 79.9. The van der Waals surface area contributed by atoms with Crippen molar-refractivity contribution in [2.24, 2.45) is 0 Å². The molecule has 1 rings (SSSR count). The van der Waals surface area contributed by atoms with E-state index in [9.17, 15) is 14.9 Å². The molecule has 1 unspecified atom stereocenters. The van der Waals surface area contributed by atoms with Crippen molar-refractivity contribution in [2.75, 3.05) is 6.61 Å². The SMILES string of the molecule is CCOc1cc([N+](=O)[O-])ccc1C(=O)C(C)Br. The van der Waals surface area contributed by atoms with Crippen molar-refractivity contribution < 1.29 is 14.5 Å². The molecule has 1 aromatic rings. The largest absolute Gasteiger partial charge is 0.493 e. The van der Waals surface area contributed by atoms with Crippen molar-refractivity contribution in [3.8, 4) is 5.75 Å². The van der Waals surface area contributed by atoms with Gasteiger partial charge in [-0.15, -0.1) is 0 Å². The Hall–Kier alpha value is -1.43. The molecule has 0 amide bonds. The normalized spacial score (nSPS) is 11.9. The fourth-order valence-electron chi connectivity index (χ4n) is 1.32. The lowest BCUT2D eigenvalue weighted by Gasteiger charge is -2.10. The molecule has 0 spiro atoms. The lowest BCUT2D eigenvalue weighted by molar-refractivity contribution is -0.384. The topological polar surface area (TPSA) is 69.4 Å². The molecule has 5 nitrogen and oxygen atoms in total. The number of nitrogens with zero attached hydrogens (tertiary/aromatic N) is 1. The average Bonchev–Trinajstić information content (AvgIpc) is 2.28. The van der Waals surface area contributed by atoms with Crippen LogP contribution in [0.15, 0.2) is 18.2 Å². The first-order valence-electron chi connectivity index (χ1n) is 5.07. The first-order valence-corrected chi connectivity index (χ1v) is 5.98. The lowest BCUT2D eigenvalue weighted by atomic mass is 10.1. The molecule has 0 aliphatic heterocycles. The zero-order valence-corrected chi connectivity index (χ0v) is 11.1. The van der Waals surface area contributed by atoms with E-state index in [2.05, 4.69) is 15.9 Å². The van der Waals surface area contributed by atoms with Gasteiger partial charge in [-0.1, -0.05) is 15.9 Å². The number of halogens is 1. The minimum absolute atomic E-state index is 0.0905. The highest BCUT2D eigenvalue weighted by molar-refractivity contribution is 9.10. The number of non-ortho nitro benzene ring substituents is 1. The van der Waals surface area contributed by atoms with E-state index < -0.39 is 4.92 Å². The summed E-state index contributed by atoms with van der Waals surface area (Å²) in [5.41, 5.74) is 0.258. The van der Waals surface area contributed by atoms with Gasteiger partial charge in [0.1, 0.15) is 5.75 Å². The number of nitro groups is 1. The van der Waals surface area contributed by atoms with Crippen LogP contribution in [-0.4, -0.2) is 22.1 Å². The van der Waals surface area contributed by atoms with Crippen LogP contribution in [0.4, 0.5) is 5.69 Å². The van der Waals surface area contributed by atoms with Crippen molar-refractivity contribution in [3.63, 3.8) is 0 Å². The molecule has 6 heteroatoms. The van der Waals surface area contributed by atoms with E-state index in [1.807, 2.05) is 0 Å². The summed E-state index contributed by atoms with van der Waals surface area (Å²) in [6.07, 6.45) is 0. The molecule has 0 radical (unpaired) electrons. The highest BCUT2D eigenvalue weighted by Crippen LogP contribution is 2.27. The summed E-state index contributed by atoms with van der Waals surface area (Å²) in [5, 5.41) is 10.6. The fraction of sp³-hybridized carbons (Fsp3) is 0.364. The third-order valence-electron chi connectivity index (χ3n) is 2.10. The summed E-state index contributed by atoms with van der Waals surface area (Å²) >= 11 is 3.17. The zero-order valence-electron chi connectivity index (χ0n) is 9.47. The predicted octanol–water partition coefficient (Wildman–Crippen LogP) is 2.96. The Morgan fingerprint density at radius 1 is 1.59 bits per heavy atom. The van der Waals surface area contributed by atoms with Gasteiger partial charge in [0.05, 0.1) is 28.0 Å². The molecule has 0 aliphatic carbocycles. The summed E-state index contributed by atoms with van der Waals surface area (Å²) in [6.45, 7) is 3.79. The van der Waals surface area contributed by atoms with Crippen LogP contribution in [0.25, 0.3) is 0 Å². The van der Waals surface area contributed by atoms with Crippen LogP contribution in [0.1, 0.15) is 24.2 Å². The van der Waals surface area contributed by atoms with E-state index in [1.54, 1.807) is 13.8 Å². The van der Waals surface area contributed by atoms with Gasteiger partial charge in [0.2, 0.25) is 0 Å². The summed E-state index contributed by atoms with van der Waals surface area (Å²) in [4.78, 5) is 21.6. The summed E-state index contributed by atoms with van der Waals surface area (Å²) in [5.74, 6) is 0.0846. The second kappa shape index (κ2) is 5.77. The van der Waals surface area contributed by atoms with Crippen molar-refractivity contribution in [1.82, 2.24) is 0 Å². The van der Waals surface area contributed by atoms with Crippen LogP contribution >= 0.6 is 15.9 Å². The van der Waals surface area contributed by atoms with Gasteiger partial charge < -0.3 is 4.74 Å². The number of Topliss-reactive ketones (excluding diaryl/α,β-unsaturated/α-hetero) is 1. The van der Waals surface area contributed by atoms with E-state index >= 15 is 0 Å². The number of benzene rings is 1. The van der Waals surface area contributed by atoms with E-state index in [1.165, 1.54) is 18.2 Å². The number of hydrogen-bond donors (Lipinski definition) is 0. The van der Waals surface area contributed by atoms with E-state index in [4.69, 9.17) is 4.74 Å². The van der Waals surface area contributed by atoms with Gasteiger partial charge in [-0.05, 0) is 19.9 Å². The number of ether oxygens (including phenoxy) is 1. The predicted molar refractivity (Wildman–Crippen MR) is 67.0 cm³/mol. The second-order valence-corrected chi connectivity index (χ2v) is 4.72. The third kappa shape index (κ3) is 3.26. The van der Waals surface area contributed by atoms with Gasteiger partial charge in [-0.3, -0.25) is 14.9 Å². The number of rotatable bonds is 5. The Bertz CT molecular complexity index is 445. The number of carbonyl (C=O) groups is 1. The number of nitro benzene ring substituents is 1. The smallest absolute Gasteiger partial charge is 0.273 e. The van der Waals surface area contributed by atoms with Crippen LogP contribution in [0.3, 0.4) is 0 Å². The summed E-state index contributed by atoms with van der Waals surface area (Å²) in [6, 6.07) is 3.99. The van der Waals surface area contributed by atoms with Crippen molar-refractivity contribution in [2.45, 2.75) is 18.7 Å². The Kier molecular flexibility index (Phi) is 4.62. The van der Waals surface area contributed by atoms with Gasteiger partial charge in [-0.25, -0.2) is 0 Å². The third-order valence-corrected chi connectivity index (χ3v) is 2.52. The molecule has 0 N–H and O–H groups in total. The van der Waals surface area contributed by atoms with E-state index in [0.29, 0.717) is 12.2 Å². The Morgan fingerprint density at radius 3 is 2.71 bits per heavy atom. The fourth-order valence-corrected chi connectivity index (χ4v) is 1.56. The maximum Gasteiger partial charge on any atom is 0.273 e. The molecule has 1 aromatic carbocycles. The molecule has 17 heavy (non-hydrogen) atoms. The quantitative estimate of drug-likeness (QED) is 0.363. The van der Waals surface area contributed by atoms with Crippen LogP contribution in [-0.2, 0) is 0 Å². The minimum atomic E-state index is -0.520. The van der Waals surface area contributed by atoms with Gasteiger partial charge >= 0.3 is 0 Å². The van der Waals surface area contributed by atoms with Gasteiger partial charge in [0, 0.05) is 6.07 Å². The molecule has 0 aliphatic rings. The minimum Gasteiger partial charge on any atom is -0.493 e. The monoisotopic (exact) mass is 301 g/mol. The van der Waals surface area contributed by atoms with Crippen LogP contribution in [0.5, 0.6) is 5.75 Å². The molecule has 0 bridgehead atoms. The molecule has 0 saturated carbocycles. The lowest BCUT2D eigenvalue weighted by Crippen LogP contribution is -2.12. The standard InChI is InChI=1S/C11H12BrNO4/c1-3-17-10-6-8(13(15)16)4-5-9(10)11(14)7(2)12/h4-7H,3H2,1-2H3. The van der Waals surface area contributed by atoms with E-state index in [-0.39, 0.29) is 22.0 Å². The van der Waals surface area contributed by atoms with Crippen LogP contribution in [0.2, 0.25) is 0 Å². The highest BCUT2D eigenvalue weighted by Gasteiger charge is 2.19. The Balaban J connectivity index is 3.21. The van der Waals surface area contributed by atoms with Crippen molar-refractivity contribution in [1.29, 1.82) is 0 Å². The molecule has 0 saturated heterocycles. The van der Waals surface area contributed by atoms with Crippen molar-refractivity contribution in [3.05, 3.63) is 33.9 Å². The average molecular weight is 302 g/mol. The Morgan fingerprint density at radius 2 is 2.24 bits per heavy atom. The zero-order chi connectivity index (χ0) is 13.0. The molecule has 1 atom stereocenters. The molecule has 0 heterocycles. The number of carbonyl (C=O) groups excluding carboxylic acids is 1. The first kappa shape index (κ1) is 13.6. The number of alkyl halides is 1. The first-order chi connectivity index (χ1) is 7.97. The van der Waals surface area contributed by atoms with Gasteiger partial charge in [-0.2, -0.15) is 0 Å². The second-order valence-electron chi connectivity index (χ2n) is 3.35. The maximum absolute atomic E-state index is 11.8. The van der Waals surface area contributed by atoms with Gasteiger partial charge in [0.15, 0.2) is 5.78 Å². The molecule has 0 aromatic heterocycles. The molecular weight excluding hydrogens is 290 g/mol. The van der Waals surface area contributed by atoms with Crippen molar-refractivity contribution >= 4 is 27.4 Å². The van der Waals surface area contributed by atoms with Crippen LogP contribution < -0.4 is 4.74 Å². The molecular formula is C11H12BrNO4. The Labute approximate surface area is 107 Å². The molecule has 92 valence electrons. The number of ketones is 1. The van der Waals surface area contributed by atoms with Crippen LogP contribution in [0, 0.1) is 10.1 Å². The van der Waals surface area contributed by atoms with E-state index in [0.717, 1.165) is 0 Å². The molecule has 0 fully saturated rings. The van der Waals surface area contributed by atoms with Gasteiger partial charge in [0.25, 0.3) is 5.69 Å².